The molecular formula is C13H17ClN2O. The van der Waals surface area contributed by atoms with E-state index in [1.54, 1.807) is 4.90 Å². The molecule has 4 heteroatoms. The number of carbonyl (C=O) groups excluding carboxylic acids is 1. The lowest BCUT2D eigenvalue weighted by Gasteiger charge is -2.20. The molecule has 0 spiro atoms. The van der Waals surface area contributed by atoms with E-state index in [4.69, 9.17) is 11.6 Å². The highest BCUT2D eigenvalue weighted by molar-refractivity contribution is 6.17. The summed E-state index contributed by atoms with van der Waals surface area (Å²) in [7, 11) is 1.84. The van der Waals surface area contributed by atoms with Gasteiger partial charge in [-0.15, -0.1) is 11.6 Å². The van der Waals surface area contributed by atoms with Crippen molar-refractivity contribution in [3.63, 3.8) is 0 Å². The summed E-state index contributed by atoms with van der Waals surface area (Å²) in [4.78, 5) is 14.0. The molecule has 0 aromatic carbocycles. The maximum absolute atomic E-state index is 12.2. The predicted molar refractivity (Wildman–Crippen MR) is 69.5 cm³/mol. The van der Waals surface area contributed by atoms with Gasteiger partial charge < -0.3 is 10.2 Å². The van der Waals surface area contributed by atoms with E-state index in [1.807, 2.05) is 26.2 Å². The van der Waals surface area contributed by atoms with Crippen LogP contribution in [-0.4, -0.2) is 30.3 Å². The number of nitrogens with one attached hydrogen (secondary N) is 1. The first-order valence-electron chi connectivity index (χ1n) is 5.80. The van der Waals surface area contributed by atoms with Crippen LogP contribution in [0.15, 0.2) is 35.2 Å². The third-order valence-corrected chi connectivity index (χ3v) is 3.30. The van der Waals surface area contributed by atoms with E-state index in [0.717, 1.165) is 29.8 Å². The van der Waals surface area contributed by atoms with Gasteiger partial charge in [-0.3, -0.25) is 4.79 Å². The van der Waals surface area contributed by atoms with E-state index in [9.17, 15) is 4.79 Å². The van der Waals surface area contributed by atoms with Crippen LogP contribution in [0.5, 0.6) is 0 Å². The molecule has 0 fully saturated rings. The predicted octanol–water partition coefficient (Wildman–Crippen LogP) is 2.02. The lowest BCUT2D eigenvalue weighted by Crippen LogP contribution is -2.31. The van der Waals surface area contributed by atoms with Crippen LogP contribution < -0.4 is 5.32 Å². The molecule has 2 rings (SSSR count). The van der Waals surface area contributed by atoms with Gasteiger partial charge in [0.15, 0.2) is 0 Å². The average molecular weight is 253 g/mol. The van der Waals surface area contributed by atoms with Gasteiger partial charge in [-0.2, -0.15) is 0 Å². The number of nitrogens with zero attached hydrogens (tertiary/aromatic N) is 1. The molecule has 2 heterocycles. The molecule has 0 aromatic rings. The zero-order chi connectivity index (χ0) is 12.4. The van der Waals surface area contributed by atoms with Crippen LogP contribution in [0.1, 0.15) is 13.3 Å². The molecular weight excluding hydrogens is 236 g/mol. The molecule has 1 unspecified atom stereocenters. The van der Waals surface area contributed by atoms with E-state index in [2.05, 4.69) is 11.4 Å². The number of likely N-dealkylation sites (N-methyl/N-ethyl adjacent to an activating group) is 1. The fourth-order valence-corrected chi connectivity index (χ4v) is 2.46. The third kappa shape index (κ3) is 2.55. The van der Waals surface area contributed by atoms with Gasteiger partial charge in [0, 0.05) is 31.4 Å². The molecule has 2 aliphatic rings. The first-order chi connectivity index (χ1) is 8.11. The Bertz CT molecular complexity index is 423. The van der Waals surface area contributed by atoms with Crippen LogP contribution in [0.4, 0.5) is 0 Å². The van der Waals surface area contributed by atoms with E-state index < -0.39 is 0 Å². The van der Waals surface area contributed by atoms with E-state index >= 15 is 0 Å². The molecule has 1 atom stereocenters. The smallest absolute Gasteiger partial charge is 0.255 e. The summed E-state index contributed by atoms with van der Waals surface area (Å²) >= 11 is 5.79. The summed E-state index contributed by atoms with van der Waals surface area (Å²) < 4.78 is 0. The number of rotatable bonds is 2. The second kappa shape index (κ2) is 4.96. The minimum absolute atomic E-state index is 0.0771. The molecule has 2 aliphatic heterocycles. The molecule has 0 saturated carbocycles. The maximum Gasteiger partial charge on any atom is 0.255 e. The number of halogens is 1. The van der Waals surface area contributed by atoms with Crippen LogP contribution in [-0.2, 0) is 4.79 Å². The van der Waals surface area contributed by atoms with Gasteiger partial charge in [0.1, 0.15) is 0 Å². The molecule has 17 heavy (non-hydrogen) atoms. The van der Waals surface area contributed by atoms with Crippen molar-refractivity contribution in [1.82, 2.24) is 10.2 Å². The van der Waals surface area contributed by atoms with Crippen molar-refractivity contribution in [1.29, 1.82) is 0 Å². The number of hydrogen-bond acceptors (Lipinski definition) is 2. The van der Waals surface area contributed by atoms with Crippen LogP contribution in [0.2, 0.25) is 0 Å². The van der Waals surface area contributed by atoms with Crippen molar-refractivity contribution >= 4 is 17.5 Å². The second-order valence-corrected chi connectivity index (χ2v) is 4.97. The lowest BCUT2D eigenvalue weighted by molar-refractivity contribution is -0.125. The van der Waals surface area contributed by atoms with Gasteiger partial charge >= 0.3 is 0 Å². The summed E-state index contributed by atoms with van der Waals surface area (Å²) in [5, 5.41) is 3.19. The van der Waals surface area contributed by atoms with E-state index in [1.165, 1.54) is 0 Å². The fraction of sp³-hybridized carbons (Fsp3) is 0.462. The van der Waals surface area contributed by atoms with Crippen LogP contribution >= 0.6 is 11.6 Å². The van der Waals surface area contributed by atoms with E-state index in [0.29, 0.717) is 11.8 Å². The number of carbonyl (C=O) groups is 1. The quantitative estimate of drug-likeness (QED) is 0.763. The number of hydrogen-bond donors (Lipinski definition) is 1. The van der Waals surface area contributed by atoms with Crippen molar-refractivity contribution in [3.05, 3.63) is 35.2 Å². The number of fused-ring (bicyclic) bond motifs is 1. The topological polar surface area (TPSA) is 32.3 Å². The summed E-state index contributed by atoms with van der Waals surface area (Å²) in [5.74, 6) is 1.01. The van der Waals surface area contributed by atoms with Crippen molar-refractivity contribution in [2.75, 3.05) is 19.5 Å². The van der Waals surface area contributed by atoms with Gasteiger partial charge in [-0.1, -0.05) is 6.08 Å². The summed E-state index contributed by atoms with van der Waals surface area (Å²) in [6, 6.07) is 0. The SMILES string of the molecule is CC1=CNC2=CC(CCCl)CN(C)C(=O)C2=C1. The standard InChI is InChI=1S/C13H17ClN2O/c1-9-5-11-12(15-7-9)6-10(3-4-14)8-16(2)13(11)17/h5-7,10,15H,3-4,8H2,1-2H3. The minimum atomic E-state index is 0.0771. The summed E-state index contributed by atoms with van der Waals surface area (Å²) in [5.41, 5.74) is 2.74. The number of alkyl halides is 1. The molecule has 0 radical (unpaired) electrons. The summed E-state index contributed by atoms with van der Waals surface area (Å²) in [6.45, 7) is 2.71. The Hall–Kier alpha value is -1.22. The van der Waals surface area contributed by atoms with Gasteiger partial charge in [-0.05, 0) is 30.9 Å². The van der Waals surface area contributed by atoms with Crippen molar-refractivity contribution in [3.8, 4) is 0 Å². The third-order valence-electron chi connectivity index (χ3n) is 3.09. The molecule has 0 bridgehead atoms. The highest BCUT2D eigenvalue weighted by Crippen LogP contribution is 2.24. The Kier molecular flexibility index (Phi) is 3.57. The normalized spacial score (nSPS) is 24.2. The Morgan fingerprint density at radius 1 is 1.59 bits per heavy atom. The second-order valence-electron chi connectivity index (χ2n) is 4.59. The fourth-order valence-electron chi connectivity index (χ4n) is 2.17. The number of dihydropyridines is 1. The maximum atomic E-state index is 12.2. The van der Waals surface area contributed by atoms with Gasteiger partial charge in [0.2, 0.25) is 0 Å². The van der Waals surface area contributed by atoms with Gasteiger partial charge in [-0.25, -0.2) is 0 Å². The molecule has 92 valence electrons. The molecule has 0 saturated heterocycles. The highest BCUT2D eigenvalue weighted by atomic mass is 35.5. The Balaban J connectivity index is 2.34. The average Bonchev–Trinajstić information content (AvgIpc) is 2.40. The minimum Gasteiger partial charge on any atom is -0.361 e. The molecule has 3 nitrogen and oxygen atoms in total. The molecule has 0 aliphatic carbocycles. The van der Waals surface area contributed by atoms with Crippen molar-refractivity contribution < 1.29 is 4.79 Å². The largest absolute Gasteiger partial charge is 0.361 e. The van der Waals surface area contributed by atoms with Crippen LogP contribution in [0.25, 0.3) is 0 Å². The Labute approximate surface area is 107 Å². The first kappa shape index (κ1) is 12.2. The number of allylic oxidation sites excluding steroid dienone is 2. The zero-order valence-corrected chi connectivity index (χ0v) is 10.9. The molecule has 1 N–H and O–H groups in total. The Morgan fingerprint density at radius 3 is 3.06 bits per heavy atom. The van der Waals surface area contributed by atoms with Crippen molar-refractivity contribution in [2.45, 2.75) is 13.3 Å². The highest BCUT2D eigenvalue weighted by Gasteiger charge is 2.26. The molecule has 0 aromatic heterocycles. The van der Waals surface area contributed by atoms with E-state index in [-0.39, 0.29) is 5.91 Å². The van der Waals surface area contributed by atoms with Crippen LogP contribution in [0, 0.1) is 5.92 Å². The zero-order valence-electron chi connectivity index (χ0n) is 10.2. The lowest BCUT2D eigenvalue weighted by atomic mass is 10.0. The Morgan fingerprint density at radius 2 is 2.35 bits per heavy atom. The van der Waals surface area contributed by atoms with Gasteiger partial charge in [0.05, 0.1) is 5.57 Å². The molecule has 1 amide bonds. The number of amides is 1. The monoisotopic (exact) mass is 252 g/mol. The first-order valence-corrected chi connectivity index (χ1v) is 6.34. The van der Waals surface area contributed by atoms with Gasteiger partial charge in [0.25, 0.3) is 5.91 Å². The summed E-state index contributed by atoms with van der Waals surface area (Å²) in [6.07, 6.45) is 6.87. The van der Waals surface area contributed by atoms with Crippen molar-refractivity contribution in [2.24, 2.45) is 5.92 Å². The van der Waals surface area contributed by atoms with Crippen LogP contribution in [0.3, 0.4) is 0 Å².